The zero-order chi connectivity index (χ0) is 11.5. The van der Waals surface area contributed by atoms with Gasteiger partial charge < -0.3 is 0 Å². The molecule has 0 spiro atoms. The van der Waals surface area contributed by atoms with Gasteiger partial charge in [-0.15, -0.1) is 5.10 Å². The molecule has 2 aromatic rings. The first kappa shape index (κ1) is 11.4. The van der Waals surface area contributed by atoms with Crippen LogP contribution < -0.4 is 5.69 Å². The fourth-order valence-corrected chi connectivity index (χ4v) is 2.25. The molecule has 0 atom stereocenters. The van der Waals surface area contributed by atoms with Gasteiger partial charge in [0.2, 0.25) is 0 Å². The predicted molar refractivity (Wildman–Crippen MR) is 64.6 cm³/mol. The first-order chi connectivity index (χ1) is 7.70. The first-order valence-electron chi connectivity index (χ1n) is 4.65. The van der Waals surface area contributed by atoms with E-state index in [0.717, 1.165) is 9.50 Å². The molecule has 0 radical (unpaired) electrons. The van der Waals surface area contributed by atoms with Gasteiger partial charge in [0.05, 0.1) is 0 Å². The van der Waals surface area contributed by atoms with Crippen LogP contribution in [0.4, 0.5) is 0 Å². The van der Waals surface area contributed by atoms with Gasteiger partial charge in [-0.1, -0.05) is 0 Å². The minimum atomic E-state index is -0.192. The lowest BCUT2D eigenvalue weighted by molar-refractivity contribution is 0.660. The molecule has 0 aliphatic rings. The summed E-state index contributed by atoms with van der Waals surface area (Å²) < 4.78 is 2.49. The molecule has 2 rings (SSSR count). The van der Waals surface area contributed by atoms with Crippen molar-refractivity contribution >= 4 is 27.7 Å². The quantitative estimate of drug-likeness (QED) is 0.940. The predicted octanol–water partition coefficient (Wildman–Crippen LogP) is 1.90. The Labute approximate surface area is 104 Å². The summed E-state index contributed by atoms with van der Waals surface area (Å²) in [7, 11) is 0. The summed E-state index contributed by atoms with van der Waals surface area (Å²) in [6.07, 6.45) is 1.71. The third-order valence-electron chi connectivity index (χ3n) is 1.94. The highest BCUT2D eigenvalue weighted by Crippen LogP contribution is 2.23. The van der Waals surface area contributed by atoms with Crippen molar-refractivity contribution < 1.29 is 0 Å². The Kier molecular flexibility index (Phi) is 3.45. The number of hydrogen-bond donors (Lipinski definition) is 1. The van der Waals surface area contributed by atoms with Crippen LogP contribution in [0.3, 0.4) is 0 Å². The number of halogens is 1. The van der Waals surface area contributed by atoms with Crippen LogP contribution in [-0.4, -0.2) is 19.7 Å². The Bertz CT molecular complexity index is 533. The van der Waals surface area contributed by atoms with E-state index in [2.05, 4.69) is 31.1 Å². The van der Waals surface area contributed by atoms with Crippen molar-refractivity contribution in [3.05, 3.63) is 33.3 Å². The molecule has 16 heavy (non-hydrogen) atoms. The average Bonchev–Trinajstić information content (AvgIpc) is 2.63. The minimum absolute atomic E-state index is 0.192. The molecular formula is C9H9BrN4OS. The maximum absolute atomic E-state index is 11.3. The standard InChI is InChI=1S/C9H9BrN4OS/c1-2-14-8(15)12-13-9(14)16-7-4-3-6(10)5-11-7/h3-5H,2H2,1H3,(H,12,15). The van der Waals surface area contributed by atoms with Crippen molar-refractivity contribution in [2.75, 3.05) is 0 Å². The summed E-state index contributed by atoms with van der Waals surface area (Å²) >= 11 is 4.67. The molecule has 0 aliphatic heterocycles. The topological polar surface area (TPSA) is 63.6 Å². The van der Waals surface area contributed by atoms with E-state index in [-0.39, 0.29) is 5.69 Å². The van der Waals surface area contributed by atoms with Crippen molar-refractivity contribution in [3.63, 3.8) is 0 Å². The van der Waals surface area contributed by atoms with Crippen LogP contribution in [0.15, 0.2) is 37.8 Å². The smallest absolute Gasteiger partial charge is 0.270 e. The minimum Gasteiger partial charge on any atom is -0.270 e. The second-order valence-electron chi connectivity index (χ2n) is 2.97. The Morgan fingerprint density at radius 2 is 2.38 bits per heavy atom. The molecule has 0 saturated carbocycles. The molecule has 0 unspecified atom stereocenters. The fraction of sp³-hybridized carbons (Fsp3) is 0.222. The second-order valence-corrected chi connectivity index (χ2v) is 4.88. The van der Waals surface area contributed by atoms with Crippen LogP contribution in [0.2, 0.25) is 0 Å². The zero-order valence-electron chi connectivity index (χ0n) is 8.48. The summed E-state index contributed by atoms with van der Waals surface area (Å²) in [6, 6.07) is 3.77. The van der Waals surface area contributed by atoms with Crippen LogP contribution in [0.5, 0.6) is 0 Å². The van der Waals surface area contributed by atoms with Crippen LogP contribution >= 0.6 is 27.7 Å². The molecule has 84 valence electrons. The monoisotopic (exact) mass is 300 g/mol. The van der Waals surface area contributed by atoms with E-state index in [0.29, 0.717) is 11.7 Å². The van der Waals surface area contributed by atoms with Crippen molar-refractivity contribution in [3.8, 4) is 0 Å². The molecule has 0 fully saturated rings. The van der Waals surface area contributed by atoms with E-state index < -0.39 is 0 Å². The molecule has 5 nitrogen and oxygen atoms in total. The first-order valence-corrected chi connectivity index (χ1v) is 6.26. The van der Waals surface area contributed by atoms with Crippen LogP contribution in [0.1, 0.15) is 6.92 Å². The number of H-pyrrole nitrogens is 1. The van der Waals surface area contributed by atoms with E-state index in [1.807, 2.05) is 19.1 Å². The van der Waals surface area contributed by atoms with Gasteiger partial charge in [-0.05, 0) is 46.7 Å². The summed E-state index contributed by atoms with van der Waals surface area (Å²) in [6.45, 7) is 2.49. The lowest BCUT2D eigenvalue weighted by Crippen LogP contribution is -2.16. The van der Waals surface area contributed by atoms with Crippen LogP contribution in [-0.2, 0) is 6.54 Å². The van der Waals surface area contributed by atoms with E-state index in [4.69, 9.17) is 0 Å². The molecule has 7 heteroatoms. The zero-order valence-corrected chi connectivity index (χ0v) is 10.9. The van der Waals surface area contributed by atoms with E-state index >= 15 is 0 Å². The van der Waals surface area contributed by atoms with Gasteiger partial charge in [0, 0.05) is 17.2 Å². The van der Waals surface area contributed by atoms with E-state index in [9.17, 15) is 4.79 Å². The van der Waals surface area contributed by atoms with Crippen LogP contribution in [0, 0.1) is 0 Å². The third kappa shape index (κ3) is 2.35. The number of hydrogen-bond acceptors (Lipinski definition) is 4. The maximum Gasteiger partial charge on any atom is 0.343 e. The summed E-state index contributed by atoms with van der Waals surface area (Å²) in [4.78, 5) is 15.5. The number of pyridine rings is 1. The highest BCUT2D eigenvalue weighted by molar-refractivity contribution is 9.10. The highest BCUT2D eigenvalue weighted by Gasteiger charge is 2.08. The molecule has 2 heterocycles. The average molecular weight is 301 g/mol. The Morgan fingerprint density at radius 3 is 3.00 bits per heavy atom. The molecule has 0 aromatic carbocycles. The third-order valence-corrected chi connectivity index (χ3v) is 3.35. The normalized spacial score (nSPS) is 10.6. The number of aromatic nitrogens is 4. The summed E-state index contributed by atoms with van der Waals surface area (Å²) in [5.41, 5.74) is -0.192. The Morgan fingerprint density at radius 1 is 1.56 bits per heavy atom. The number of nitrogens with zero attached hydrogens (tertiary/aromatic N) is 3. The summed E-state index contributed by atoms with van der Waals surface area (Å²) in [5, 5.41) is 7.79. The van der Waals surface area contributed by atoms with Gasteiger partial charge in [-0.2, -0.15) is 0 Å². The molecule has 0 bridgehead atoms. The number of aromatic amines is 1. The maximum atomic E-state index is 11.3. The summed E-state index contributed by atoms with van der Waals surface area (Å²) in [5.74, 6) is 0. The van der Waals surface area contributed by atoms with Gasteiger partial charge in [-0.25, -0.2) is 14.9 Å². The van der Waals surface area contributed by atoms with E-state index in [1.54, 1.807) is 10.8 Å². The molecule has 0 saturated heterocycles. The fourth-order valence-electron chi connectivity index (χ4n) is 1.18. The van der Waals surface area contributed by atoms with Crippen molar-refractivity contribution in [2.24, 2.45) is 0 Å². The van der Waals surface area contributed by atoms with Crippen molar-refractivity contribution in [2.45, 2.75) is 23.7 Å². The lowest BCUT2D eigenvalue weighted by Gasteiger charge is -2.01. The number of nitrogens with one attached hydrogen (secondary N) is 1. The second kappa shape index (κ2) is 4.84. The van der Waals surface area contributed by atoms with E-state index in [1.165, 1.54) is 11.8 Å². The van der Waals surface area contributed by atoms with Gasteiger partial charge in [0.15, 0.2) is 5.16 Å². The van der Waals surface area contributed by atoms with Crippen molar-refractivity contribution in [1.82, 2.24) is 19.7 Å². The van der Waals surface area contributed by atoms with Gasteiger partial charge in [0.1, 0.15) is 5.03 Å². The van der Waals surface area contributed by atoms with Gasteiger partial charge >= 0.3 is 5.69 Å². The van der Waals surface area contributed by atoms with Crippen molar-refractivity contribution in [1.29, 1.82) is 0 Å². The van der Waals surface area contributed by atoms with Gasteiger partial charge in [0.25, 0.3) is 0 Å². The molecule has 1 N–H and O–H groups in total. The largest absolute Gasteiger partial charge is 0.343 e. The molecule has 0 aliphatic carbocycles. The molecular weight excluding hydrogens is 292 g/mol. The SMILES string of the molecule is CCn1c(Sc2ccc(Br)cn2)n[nH]c1=O. The lowest BCUT2D eigenvalue weighted by atomic mass is 10.5. The van der Waals surface area contributed by atoms with Gasteiger partial charge in [-0.3, -0.25) is 4.57 Å². The molecule has 2 aromatic heterocycles. The highest BCUT2D eigenvalue weighted by atomic mass is 79.9. The molecule has 0 amide bonds. The van der Waals surface area contributed by atoms with Crippen LogP contribution in [0.25, 0.3) is 0 Å². The number of rotatable bonds is 3. The Balaban J connectivity index is 2.27. The Hall–Kier alpha value is -1.08.